The summed E-state index contributed by atoms with van der Waals surface area (Å²) in [6, 6.07) is 13.9. The van der Waals surface area contributed by atoms with Crippen LogP contribution in [0.3, 0.4) is 0 Å². The number of fused-ring (bicyclic) bond motifs is 12. The average Bonchev–Trinajstić information content (AvgIpc) is 2.92. The molecule has 3 N–H and O–H groups in total. The Labute approximate surface area is 238 Å². The third kappa shape index (κ3) is 9.04. The van der Waals surface area contributed by atoms with E-state index >= 15 is 0 Å². The van der Waals surface area contributed by atoms with E-state index in [1.165, 1.54) is 16.4 Å². The van der Waals surface area contributed by atoms with Crippen molar-refractivity contribution in [1.82, 2.24) is 14.9 Å². The number of amides is 2. The molecular formula is C30H43N3O6S. The number of nitrogens with zero attached hydrogens (tertiary/aromatic N) is 1. The number of aliphatic hydroxyl groups excluding tert-OH is 1. The molecule has 2 aliphatic heterocycles. The zero-order valence-corrected chi connectivity index (χ0v) is 24.7. The highest BCUT2D eigenvalue weighted by Crippen LogP contribution is 2.20. The standard InChI is InChI=1S/C30H43N3O6S/c1-21(2)16-17-33(40(37,38)25-9-6-5-7-10-25)20-27(34)26-19-23-12-14-24(15-13-23)39-18-8-11-28(35)32-29(22(3)4)30(36)31-26/h5-7,9-10,12-15,21-22,26-27,29,34H,8,11,16-20H2,1-4H3,(H,31,36)(H,32,35)/t26-,27-,29+/m1/s1. The van der Waals surface area contributed by atoms with Crippen molar-refractivity contribution in [3.05, 3.63) is 60.2 Å². The van der Waals surface area contributed by atoms with Crippen LogP contribution in [0, 0.1) is 11.8 Å². The van der Waals surface area contributed by atoms with Gasteiger partial charge in [0.1, 0.15) is 11.8 Å². The van der Waals surface area contributed by atoms with Crippen molar-refractivity contribution < 1.29 is 27.9 Å². The molecule has 2 bridgehead atoms. The number of nitrogens with one attached hydrogen (secondary N) is 2. The Morgan fingerprint density at radius 3 is 2.30 bits per heavy atom. The summed E-state index contributed by atoms with van der Waals surface area (Å²) in [6.45, 7) is 8.10. The number of ether oxygens (including phenoxy) is 1. The first-order chi connectivity index (χ1) is 19.0. The van der Waals surface area contributed by atoms with Crippen LogP contribution in [0.25, 0.3) is 0 Å². The van der Waals surface area contributed by atoms with Crippen LogP contribution in [0.5, 0.6) is 5.75 Å². The predicted molar refractivity (Wildman–Crippen MR) is 154 cm³/mol. The lowest BCUT2D eigenvalue weighted by atomic mass is 9.98. The molecule has 0 aliphatic carbocycles. The Hall–Kier alpha value is -2.95. The quantitative estimate of drug-likeness (QED) is 0.423. The number of benzene rings is 2. The van der Waals surface area contributed by atoms with Gasteiger partial charge in [0, 0.05) is 19.5 Å². The molecule has 2 heterocycles. The zero-order valence-electron chi connectivity index (χ0n) is 23.9. The summed E-state index contributed by atoms with van der Waals surface area (Å²) in [4.78, 5) is 26.1. The lowest BCUT2D eigenvalue weighted by molar-refractivity contribution is -0.131. The number of hydrogen-bond acceptors (Lipinski definition) is 6. The molecule has 10 heteroatoms. The first-order valence-corrected chi connectivity index (χ1v) is 15.5. The van der Waals surface area contributed by atoms with Gasteiger partial charge in [-0.25, -0.2) is 8.42 Å². The Balaban J connectivity index is 1.92. The van der Waals surface area contributed by atoms with Crippen LogP contribution < -0.4 is 15.4 Å². The second-order valence-corrected chi connectivity index (χ2v) is 13.1. The summed E-state index contributed by atoms with van der Waals surface area (Å²) in [7, 11) is -3.89. The highest BCUT2D eigenvalue weighted by Gasteiger charge is 2.33. The molecule has 3 atom stereocenters. The maximum atomic E-state index is 13.6. The Kier molecular flexibility index (Phi) is 11.5. The third-order valence-electron chi connectivity index (χ3n) is 6.98. The lowest BCUT2D eigenvalue weighted by Gasteiger charge is -2.32. The molecule has 0 aromatic heterocycles. The molecule has 40 heavy (non-hydrogen) atoms. The topological polar surface area (TPSA) is 125 Å². The third-order valence-corrected chi connectivity index (χ3v) is 8.86. The molecule has 0 unspecified atom stereocenters. The van der Waals surface area contributed by atoms with Gasteiger partial charge in [-0.1, -0.05) is 58.0 Å². The van der Waals surface area contributed by atoms with Gasteiger partial charge in [-0.2, -0.15) is 4.31 Å². The van der Waals surface area contributed by atoms with E-state index in [1.54, 1.807) is 18.2 Å². The molecule has 0 saturated heterocycles. The Morgan fingerprint density at radius 2 is 1.68 bits per heavy atom. The molecule has 0 radical (unpaired) electrons. The summed E-state index contributed by atoms with van der Waals surface area (Å²) < 4.78 is 34.2. The second kappa shape index (κ2) is 14.6. The molecule has 0 saturated carbocycles. The first kappa shape index (κ1) is 31.6. The number of sulfonamides is 1. The molecule has 0 spiro atoms. The minimum atomic E-state index is -3.89. The van der Waals surface area contributed by atoms with Gasteiger partial charge in [-0.3, -0.25) is 9.59 Å². The van der Waals surface area contributed by atoms with Gasteiger partial charge in [0.2, 0.25) is 21.8 Å². The van der Waals surface area contributed by atoms with E-state index in [0.717, 1.165) is 5.56 Å². The van der Waals surface area contributed by atoms with Crippen LogP contribution >= 0.6 is 0 Å². The summed E-state index contributed by atoms with van der Waals surface area (Å²) in [5.41, 5.74) is 0.844. The number of rotatable bonds is 9. The summed E-state index contributed by atoms with van der Waals surface area (Å²) in [5, 5.41) is 17.2. The van der Waals surface area contributed by atoms with Crippen molar-refractivity contribution in [2.75, 3.05) is 19.7 Å². The summed E-state index contributed by atoms with van der Waals surface area (Å²) in [6.07, 6.45) is 0.366. The lowest BCUT2D eigenvalue weighted by Crippen LogP contribution is -2.56. The van der Waals surface area contributed by atoms with Crippen molar-refractivity contribution in [2.24, 2.45) is 11.8 Å². The molecule has 2 aromatic rings. The average molecular weight is 574 g/mol. The molecule has 2 amide bonds. The molecular weight excluding hydrogens is 530 g/mol. The maximum absolute atomic E-state index is 13.6. The normalized spacial score (nSPS) is 20.0. The molecule has 0 fully saturated rings. The van der Waals surface area contributed by atoms with Gasteiger partial charge < -0.3 is 20.5 Å². The Bertz CT molecular complexity index is 1200. The van der Waals surface area contributed by atoms with Crippen LogP contribution in [0.2, 0.25) is 0 Å². The molecule has 4 rings (SSSR count). The molecule has 2 aromatic carbocycles. The Morgan fingerprint density at radius 1 is 1.00 bits per heavy atom. The number of hydrogen-bond donors (Lipinski definition) is 3. The van der Waals surface area contributed by atoms with E-state index in [1.807, 2.05) is 52.0 Å². The van der Waals surface area contributed by atoms with Crippen LogP contribution in [-0.2, 0) is 26.0 Å². The van der Waals surface area contributed by atoms with Gasteiger partial charge in [0.15, 0.2) is 0 Å². The highest BCUT2D eigenvalue weighted by molar-refractivity contribution is 7.89. The fraction of sp³-hybridized carbons (Fsp3) is 0.533. The van der Waals surface area contributed by atoms with Gasteiger partial charge in [-0.15, -0.1) is 0 Å². The van der Waals surface area contributed by atoms with E-state index in [2.05, 4.69) is 10.6 Å². The van der Waals surface area contributed by atoms with E-state index in [-0.39, 0.29) is 48.6 Å². The first-order valence-electron chi connectivity index (χ1n) is 14.0. The zero-order chi connectivity index (χ0) is 29.3. The van der Waals surface area contributed by atoms with E-state index in [4.69, 9.17) is 4.74 Å². The van der Waals surface area contributed by atoms with E-state index < -0.39 is 34.1 Å². The minimum absolute atomic E-state index is 0.148. The van der Waals surface area contributed by atoms with Crippen LogP contribution in [0.1, 0.15) is 52.5 Å². The number of aliphatic hydroxyl groups is 1. The summed E-state index contributed by atoms with van der Waals surface area (Å²) >= 11 is 0. The van der Waals surface area contributed by atoms with Crippen molar-refractivity contribution in [1.29, 1.82) is 0 Å². The minimum Gasteiger partial charge on any atom is -0.494 e. The molecule has 2 aliphatic rings. The van der Waals surface area contributed by atoms with E-state index in [0.29, 0.717) is 25.2 Å². The largest absolute Gasteiger partial charge is 0.494 e. The maximum Gasteiger partial charge on any atom is 0.243 e. The number of carbonyl (C=O) groups is 2. The fourth-order valence-corrected chi connectivity index (χ4v) is 6.02. The smallest absolute Gasteiger partial charge is 0.243 e. The van der Waals surface area contributed by atoms with Gasteiger partial charge in [0.25, 0.3) is 0 Å². The highest BCUT2D eigenvalue weighted by atomic mass is 32.2. The molecule has 220 valence electrons. The van der Waals surface area contributed by atoms with Crippen molar-refractivity contribution in [3.8, 4) is 5.75 Å². The summed E-state index contributed by atoms with van der Waals surface area (Å²) in [5.74, 6) is 0.0326. The van der Waals surface area contributed by atoms with Crippen molar-refractivity contribution in [2.45, 2.75) is 76.5 Å². The monoisotopic (exact) mass is 573 g/mol. The van der Waals surface area contributed by atoms with Crippen LogP contribution in [-0.4, -0.2) is 67.5 Å². The van der Waals surface area contributed by atoms with Gasteiger partial charge in [-0.05, 0) is 60.9 Å². The second-order valence-electron chi connectivity index (χ2n) is 11.1. The fourth-order valence-electron chi connectivity index (χ4n) is 4.52. The van der Waals surface area contributed by atoms with Crippen LogP contribution in [0.15, 0.2) is 59.5 Å². The van der Waals surface area contributed by atoms with Gasteiger partial charge >= 0.3 is 0 Å². The van der Waals surface area contributed by atoms with Crippen LogP contribution in [0.4, 0.5) is 0 Å². The molecule has 9 nitrogen and oxygen atoms in total. The van der Waals surface area contributed by atoms with E-state index in [9.17, 15) is 23.1 Å². The number of carbonyl (C=O) groups excluding carboxylic acids is 2. The predicted octanol–water partition coefficient (Wildman–Crippen LogP) is 3.13. The van der Waals surface area contributed by atoms with Crippen molar-refractivity contribution >= 4 is 21.8 Å². The van der Waals surface area contributed by atoms with Gasteiger partial charge in [0.05, 0.1) is 23.6 Å². The SMILES string of the molecule is CC(C)CCN(C[C@@H](O)[C@H]1Cc2ccc(cc2)OCCCC(=O)N[C@@H](C(C)C)C(=O)N1)S(=O)(=O)c1ccccc1. The van der Waals surface area contributed by atoms with Crippen molar-refractivity contribution in [3.63, 3.8) is 0 Å².